The molecule has 3 aromatic rings. The smallest absolute Gasteiger partial charge is 0.434 e. The molecule has 3 rings (SSSR count). The van der Waals surface area contributed by atoms with E-state index in [-0.39, 0.29) is 17.9 Å². The van der Waals surface area contributed by atoms with Crippen molar-refractivity contribution in [1.82, 2.24) is 20.0 Å². The molecule has 170 valence electrons. The number of aromatic nitrogens is 4. The van der Waals surface area contributed by atoms with Crippen LogP contribution in [0.25, 0.3) is 5.69 Å². The fraction of sp³-hybridized carbons (Fsp3) is 0.350. The maximum atomic E-state index is 13.6. The number of amides is 1. The molecule has 2 aromatic heterocycles. The Kier molecular flexibility index (Phi) is 6.92. The zero-order valence-corrected chi connectivity index (χ0v) is 18.3. The van der Waals surface area contributed by atoms with Gasteiger partial charge < -0.3 is 4.74 Å². The lowest BCUT2D eigenvalue weighted by Gasteiger charge is -2.12. The molecule has 0 aliphatic heterocycles. The third-order valence-corrected chi connectivity index (χ3v) is 5.04. The molecule has 0 saturated carbocycles. The number of alkyl halides is 3. The van der Waals surface area contributed by atoms with Gasteiger partial charge in [-0.15, -0.1) is 10.2 Å². The number of halogens is 3. The monoisotopic (exact) mass is 467 g/mol. The Morgan fingerprint density at radius 2 is 1.88 bits per heavy atom. The Balaban J connectivity index is 1.82. The third-order valence-electron chi connectivity index (χ3n) is 4.18. The minimum Gasteiger partial charge on any atom is -0.462 e. The predicted molar refractivity (Wildman–Crippen MR) is 111 cm³/mol. The first kappa shape index (κ1) is 23.4. The van der Waals surface area contributed by atoms with Gasteiger partial charge in [-0.05, 0) is 37.1 Å². The maximum absolute atomic E-state index is 13.6. The van der Waals surface area contributed by atoms with Gasteiger partial charge in [-0.2, -0.15) is 18.3 Å². The second-order valence-electron chi connectivity index (χ2n) is 7.14. The number of nitrogens with one attached hydrogen (secondary N) is 1. The first-order valence-corrected chi connectivity index (χ1v) is 10.5. The molecule has 0 unspecified atom stereocenters. The molecule has 0 bridgehead atoms. The molecule has 0 saturated heterocycles. The summed E-state index contributed by atoms with van der Waals surface area (Å²) in [4.78, 5) is 24.3. The second kappa shape index (κ2) is 9.47. The van der Waals surface area contributed by atoms with Crippen LogP contribution >= 0.6 is 11.3 Å². The van der Waals surface area contributed by atoms with Crippen LogP contribution in [0.3, 0.4) is 0 Å². The van der Waals surface area contributed by atoms with Crippen LogP contribution in [-0.4, -0.2) is 38.5 Å². The Hall–Kier alpha value is -3.28. The van der Waals surface area contributed by atoms with Crippen LogP contribution in [0, 0.1) is 5.92 Å². The zero-order valence-electron chi connectivity index (χ0n) is 17.4. The van der Waals surface area contributed by atoms with Crippen molar-refractivity contribution in [2.75, 3.05) is 11.9 Å². The Morgan fingerprint density at radius 1 is 1.19 bits per heavy atom. The van der Waals surface area contributed by atoms with Crippen LogP contribution < -0.4 is 5.32 Å². The van der Waals surface area contributed by atoms with Crippen molar-refractivity contribution in [1.29, 1.82) is 0 Å². The molecular weight excluding hydrogens is 447 g/mol. The number of carbonyl (C=O) groups excluding carboxylic acids is 2. The Labute approximate surface area is 185 Å². The van der Waals surface area contributed by atoms with E-state index in [0.29, 0.717) is 15.7 Å². The van der Waals surface area contributed by atoms with Gasteiger partial charge in [0.05, 0.1) is 18.5 Å². The molecular formula is C20H20F3N5O3S. The maximum Gasteiger partial charge on any atom is 0.434 e. The van der Waals surface area contributed by atoms with Gasteiger partial charge in [0.1, 0.15) is 10.6 Å². The lowest BCUT2D eigenvalue weighted by Crippen LogP contribution is -2.18. The van der Waals surface area contributed by atoms with Crippen molar-refractivity contribution in [3.63, 3.8) is 0 Å². The average molecular weight is 467 g/mol. The number of anilines is 1. The SMILES string of the molecule is CCOC(=O)c1cnn(-c2ccc(C(=O)Nc3nnc(CC(C)C)s3)cc2)c1C(F)(F)F. The van der Waals surface area contributed by atoms with Gasteiger partial charge in [0.15, 0.2) is 5.69 Å². The van der Waals surface area contributed by atoms with Crippen LogP contribution in [0.5, 0.6) is 0 Å². The Bertz CT molecular complexity index is 1110. The summed E-state index contributed by atoms with van der Waals surface area (Å²) in [6, 6.07) is 5.31. The van der Waals surface area contributed by atoms with Crippen LogP contribution in [-0.2, 0) is 17.3 Å². The lowest BCUT2D eigenvalue weighted by molar-refractivity contribution is -0.143. The van der Waals surface area contributed by atoms with Gasteiger partial charge in [-0.25, -0.2) is 9.48 Å². The summed E-state index contributed by atoms with van der Waals surface area (Å²) in [5.74, 6) is -1.20. The molecule has 0 fully saturated rings. The number of ether oxygens (including phenoxy) is 1. The number of esters is 1. The van der Waals surface area contributed by atoms with Gasteiger partial charge >= 0.3 is 12.1 Å². The van der Waals surface area contributed by atoms with E-state index >= 15 is 0 Å². The van der Waals surface area contributed by atoms with Crippen molar-refractivity contribution >= 4 is 28.3 Å². The number of hydrogen-bond acceptors (Lipinski definition) is 7. The summed E-state index contributed by atoms with van der Waals surface area (Å²) >= 11 is 1.26. The van der Waals surface area contributed by atoms with E-state index in [2.05, 4.69) is 25.3 Å². The summed E-state index contributed by atoms with van der Waals surface area (Å²) in [5, 5.41) is 15.4. The van der Waals surface area contributed by atoms with E-state index in [0.717, 1.165) is 17.6 Å². The zero-order chi connectivity index (χ0) is 23.5. The fourth-order valence-corrected chi connectivity index (χ4v) is 3.78. The van der Waals surface area contributed by atoms with Crippen LogP contribution in [0.2, 0.25) is 0 Å². The summed E-state index contributed by atoms with van der Waals surface area (Å²) in [6.45, 7) is 5.51. The first-order chi connectivity index (χ1) is 15.1. The van der Waals surface area contributed by atoms with Crippen molar-refractivity contribution in [3.8, 4) is 5.69 Å². The minimum atomic E-state index is -4.85. The van der Waals surface area contributed by atoms with Crippen molar-refractivity contribution in [2.24, 2.45) is 5.92 Å². The van der Waals surface area contributed by atoms with E-state index in [9.17, 15) is 22.8 Å². The second-order valence-corrected chi connectivity index (χ2v) is 8.20. The molecule has 2 heterocycles. The van der Waals surface area contributed by atoms with E-state index in [4.69, 9.17) is 0 Å². The molecule has 0 atom stereocenters. The summed E-state index contributed by atoms with van der Waals surface area (Å²) in [7, 11) is 0. The van der Waals surface area contributed by atoms with Crippen molar-refractivity contribution in [2.45, 2.75) is 33.4 Å². The molecule has 0 aliphatic carbocycles. The minimum absolute atomic E-state index is 0.0274. The molecule has 0 aliphatic rings. The number of hydrogen-bond donors (Lipinski definition) is 1. The number of rotatable bonds is 7. The van der Waals surface area contributed by atoms with Gasteiger partial charge in [0.25, 0.3) is 5.91 Å². The lowest BCUT2D eigenvalue weighted by atomic mass is 10.1. The van der Waals surface area contributed by atoms with E-state index < -0.39 is 29.3 Å². The predicted octanol–water partition coefficient (Wildman–Crippen LogP) is 4.37. The molecule has 32 heavy (non-hydrogen) atoms. The van der Waals surface area contributed by atoms with Crippen LogP contribution in [0.15, 0.2) is 30.5 Å². The van der Waals surface area contributed by atoms with Gasteiger partial charge in [0.2, 0.25) is 5.13 Å². The van der Waals surface area contributed by atoms with E-state index in [1.165, 1.54) is 42.5 Å². The molecule has 12 heteroatoms. The average Bonchev–Trinajstić information content (AvgIpc) is 3.34. The standard InChI is InChI=1S/C20H20F3N5O3S/c1-4-31-18(30)14-10-24-28(16(14)20(21,22)23)13-7-5-12(6-8-13)17(29)25-19-27-26-15(32-19)9-11(2)3/h5-8,10-11H,4,9H2,1-3H3,(H,25,27,29). The van der Waals surface area contributed by atoms with Crippen molar-refractivity contribution in [3.05, 3.63) is 52.3 Å². The fourth-order valence-electron chi connectivity index (χ4n) is 2.83. The van der Waals surface area contributed by atoms with Crippen LogP contribution in [0.1, 0.15) is 52.2 Å². The number of carbonyl (C=O) groups is 2. The van der Waals surface area contributed by atoms with Gasteiger partial charge in [-0.3, -0.25) is 10.1 Å². The highest BCUT2D eigenvalue weighted by Crippen LogP contribution is 2.34. The normalized spacial score (nSPS) is 11.6. The van der Waals surface area contributed by atoms with E-state index in [1.807, 2.05) is 13.8 Å². The van der Waals surface area contributed by atoms with Crippen molar-refractivity contribution < 1.29 is 27.5 Å². The summed E-state index contributed by atoms with van der Waals surface area (Å²) < 4.78 is 46.1. The summed E-state index contributed by atoms with van der Waals surface area (Å²) in [6.07, 6.45) is -3.30. The topological polar surface area (TPSA) is 99.0 Å². The van der Waals surface area contributed by atoms with E-state index in [1.54, 1.807) is 0 Å². The third kappa shape index (κ3) is 5.31. The summed E-state index contributed by atoms with van der Waals surface area (Å²) in [5.41, 5.74) is -1.70. The Morgan fingerprint density at radius 3 is 2.47 bits per heavy atom. The highest BCUT2D eigenvalue weighted by molar-refractivity contribution is 7.15. The van der Waals surface area contributed by atoms with Gasteiger partial charge in [0, 0.05) is 12.0 Å². The quantitative estimate of drug-likeness (QED) is 0.518. The number of benzene rings is 1. The number of nitrogens with zero attached hydrogens (tertiary/aromatic N) is 4. The first-order valence-electron chi connectivity index (χ1n) is 9.66. The molecule has 1 N–H and O–H groups in total. The highest BCUT2D eigenvalue weighted by Gasteiger charge is 2.41. The molecule has 8 nitrogen and oxygen atoms in total. The largest absolute Gasteiger partial charge is 0.462 e. The molecule has 1 amide bonds. The molecule has 0 spiro atoms. The highest BCUT2D eigenvalue weighted by atomic mass is 32.1. The molecule has 1 aromatic carbocycles. The van der Waals surface area contributed by atoms with Crippen LogP contribution in [0.4, 0.5) is 18.3 Å². The molecule has 0 radical (unpaired) electrons. The van der Waals surface area contributed by atoms with Gasteiger partial charge in [-0.1, -0.05) is 25.2 Å².